The van der Waals surface area contributed by atoms with Crippen molar-refractivity contribution in [1.82, 2.24) is 0 Å². The van der Waals surface area contributed by atoms with Crippen molar-refractivity contribution in [2.75, 3.05) is 0 Å². The third-order valence-electron chi connectivity index (χ3n) is 13.6. The number of fused-ring (bicyclic) bond motifs is 11. The molecule has 0 radical (unpaired) electrons. The first-order valence-electron chi connectivity index (χ1n) is 20.0. The van der Waals surface area contributed by atoms with Crippen molar-refractivity contribution in [3.63, 3.8) is 0 Å². The number of rotatable bonds is 3. The van der Waals surface area contributed by atoms with E-state index in [4.69, 9.17) is 0 Å². The maximum atomic E-state index is 2.45. The summed E-state index contributed by atoms with van der Waals surface area (Å²) in [7, 11) is 0. The van der Waals surface area contributed by atoms with Crippen molar-refractivity contribution in [1.29, 1.82) is 0 Å². The molecule has 0 unspecified atom stereocenters. The average molecular weight is 713 g/mol. The molecule has 9 aromatic carbocycles. The number of benzene rings is 9. The first kappa shape index (κ1) is 31.8. The second-order valence-corrected chi connectivity index (χ2v) is 17.2. The van der Waals surface area contributed by atoms with Crippen LogP contribution in [0.15, 0.2) is 170 Å². The van der Waals surface area contributed by atoms with Crippen LogP contribution in [0.4, 0.5) is 0 Å². The summed E-state index contributed by atoms with van der Waals surface area (Å²) in [6.45, 7) is 9.45. The fraction of sp³-hybridized carbons (Fsp3) is 0.107. The van der Waals surface area contributed by atoms with E-state index in [9.17, 15) is 0 Å². The van der Waals surface area contributed by atoms with E-state index < -0.39 is 0 Å². The Labute approximate surface area is 328 Å². The van der Waals surface area contributed by atoms with Gasteiger partial charge in [-0.1, -0.05) is 179 Å². The summed E-state index contributed by atoms with van der Waals surface area (Å²) in [6, 6.07) is 64.4. The Morgan fingerprint density at radius 2 is 0.696 bits per heavy atom. The topological polar surface area (TPSA) is 0 Å². The van der Waals surface area contributed by atoms with E-state index in [0.29, 0.717) is 0 Å². The van der Waals surface area contributed by atoms with Crippen LogP contribution in [0.3, 0.4) is 0 Å². The van der Waals surface area contributed by atoms with Crippen molar-refractivity contribution >= 4 is 21.5 Å². The van der Waals surface area contributed by atoms with Crippen molar-refractivity contribution < 1.29 is 0 Å². The molecule has 0 aromatic heterocycles. The summed E-state index contributed by atoms with van der Waals surface area (Å²) in [6.07, 6.45) is 0. The van der Waals surface area contributed by atoms with E-state index in [2.05, 4.69) is 198 Å². The van der Waals surface area contributed by atoms with Gasteiger partial charge in [0.25, 0.3) is 0 Å². The summed E-state index contributed by atoms with van der Waals surface area (Å²) >= 11 is 0. The van der Waals surface area contributed by atoms with Crippen LogP contribution in [0.25, 0.3) is 99.4 Å². The summed E-state index contributed by atoms with van der Waals surface area (Å²) < 4.78 is 0. The van der Waals surface area contributed by atoms with Gasteiger partial charge >= 0.3 is 0 Å². The highest BCUT2D eigenvalue weighted by atomic mass is 14.4. The fourth-order valence-corrected chi connectivity index (χ4v) is 10.8. The molecule has 264 valence electrons. The summed E-state index contributed by atoms with van der Waals surface area (Å²) in [5, 5.41) is 5.30. The molecular formula is C56H40. The molecule has 0 saturated heterocycles. The molecule has 0 N–H and O–H groups in total. The Bertz CT molecular complexity index is 3150. The lowest BCUT2D eigenvalue weighted by molar-refractivity contribution is 0.660. The molecule has 0 fully saturated rings. The lowest BCUT2D eigenvalue weighted by Crippen LogP contribution is -2.14. The third kappa shape index (κ3) is 4.14. The molecule has 0 nitrogen and oxygen atoms in total. The van der Waals surface area contributed by atoms with Crippen LogP contribution in [-0.2, 0) is 10.8 Å². The summed E-state index contributed by atoms with van der Waals surface area (Å²) in [5.41, 5.74) is 24.0. The molecule has 56 heavy (non-hydrogen) atoms. The zero-order valence-electron chi connectivity index (χ0n) is 32.2. The maximum Gasteiger partial charge on any atom is 0.0159 e. The van der Waals surface area contributed by atoms with Crippen LogP contribution in [-0.4, -0.2) is 0 Å². The predicted molar refractivity (Wildman–Crippen MR) is 237 cm³/mol. The summed E-state index contributed by atoms with van der Waals surface area (Å²) in [4.78, 5) is 0. The van der Waals surface area contributed by atoms with E-state index in [1.807, 2.05) is 0 Å². The first-order valence-corrected chi connectivity index (χ1v) is 20.0. The van der Waals surface area contributed by atoms with Gasteiger partial charge in [0.1, 0.15) is 0 Å². The Hall–Kier alpha value is -6.50. The standard InChI is InChI=1S/C56H40/c1-55(2)48-18-9-7-12-38(48)40-27-24-36(31-50(40)55)33-20-22-34(23-21-33)52-42-14-5-6-15-43(42)53-45-29-26-35(30-47(45)44-16-11-17-46(52)54(44)53)37-25-28-41-39-13-8-10-19-49(39)56(3,4)51(41)32-37/h5-32H,1-4H3. The lowest BCUT2D eigenvalue weighted by Gasteiger charge is -2.22. The monoisotopic (exact) mass is 712 g/mol. The molecule has 0 atom stereocenters. The number of hydrogen-bond donors (Lipinski definition) is 0. The first-order chi connectivity index (χ1) is 27.3. The predicted octanol–water partition coefficient (Wildman–Crippen LogP) is 15.3. The molecule has 3 aliphatic carbocycles. The van der Waals surface area contributed by atoms with Gasteiger partial charge in [-0.2, -0.15) is 0 Å². The minimum atomic E-state index is -0.0291. The van der Waals surface area contributed by atoms with Crippen molar-refractivity contribution in [2.45, 2.75) is 38.5 Å². The van der Waals surface area contributed by atoms with Gasteiger partial charge in [-0.05, 0) is 140 Å². The quantitative estimate of drug-likeness (QED) is 0.160. The zero-order chi connectivity index (χ0) is 37.5. The molecule has 0 bridgehead atoms. The fourth-order valence-electron chi connectivity index (χ4n) is 10.8. The summed E-state index contributed by atoms with van der Waals surface area (Å²) in [5.74, 6) is 0. The van der Waals surface area contributed by atoms with Gasteiger partial charge in [0.2, 0.25) is 0 Å². The lowest BCUT2D eigenvalue weighted by atomic mass is 9.81. The van der Waals surface area contributed by atoms with E-state index in [1.54, 1.807) is 0 Å². The van der Waals surface area contributed by atoms with Gasteiger partial charge in [-0.3, -0.25) is 0 Å². The van der Waals surface area contributed by atoms with E-state index >= 15 is 0 Å². The average Bonchev–Trinajstić information content (AvgIpc) is 3.78. The van der Waals surface area contributed by atoms with E-state index in [0.717, 1.165) is 0 Å². The highest BCUT2D eigenvalue weighted by Gasteiger charge is 2.37. The Morgan fingerprint density at radius 3 is 1.32 bits per heavy atom. The Kier molecular flexibility index (Phi) is 6.28. The molecule has 0 spiro atoms. The molecular weight excluding hydrogens is 673 g/mol. The van der Waals surface area contributed by atoms with Crippen LogP contribution in [0.5, 0.6) is 0 Å². The third-order valence-corrected chi connectivity index (χ3v) is 13.6. The molecule has 9 aromatic rings. The second-order valence-electron chi connectivity index (χ2n) is 17.2. The van der Waals surface area contributed by atoms with Gasteiger partial charge in [0.15, 0.2) is 0 Å². The van der Waals surface area contributed by atoms with Crippen LogP contribution >= 0.6 is 0 Å². The van der Waals surface area contributed by atoms with Gasteiger partial charge in [0.05, 0.1) is 0 Å². The smallest absolute Gasteiger partial charge is 0.0159 e. The van der Waals surface area contributed by atoms with Crippen molar-refractivity contribution in [3.05, 3.63) is 192 Å². The molecule has 0 heterocycles. The van der Waals surface area contributed by atoms with Crippen molar-refractivity contribution in [3.8, 4) is 77.9 Å². The Morgan fingerprint density at radius 1 is 0.268 bits per heavy atom. The van der Waals surface area contributed by atoms with Gasteiger partial charge in [0, 0.05) is 10.8 Å². The second kappa shape index (κ2) is 11.1. The van der Waals surface area contributed by atoms with Gasteiger partial charge in [-0.25, -0.2) is 0 Å². The minimum absolute atomic E-state index is 0.0194. The Balaban J connectivity index is 0.971. The SMILES string of the molecule is CC1(C)c2ccccc2-c2ccc(-c3ccc(-c4c5ccccc5c5c6c(cccc46)-c4cc(-c6ccc7c(c6)C(C)(C)c6ccccc6-7)ccc4-5)cc3)cc21. The molecule has 0 saturated carbocycles. The maximum absolute atomic E-state index is 2.45. The van der Waals surface area contributed by atoms with Crippen LogP contribution < -0.4 is 0 Å². The van der Waals surface area contributed by atoms with Gasteiger partial charge < -0.3 is 0 Å². The van der Waals surface area contributed by atoms with E-state index in [-0.39, 0.29) is 10.8 Å². The normalized spacial score (nSPS) is 14.7. The van der Waals surface area contributed by atoms with Crippen molar-refractivity contribution in [2.24, 2.45) is 0 Å². The van der Waals surface area contributed by atoms with Gasteiger partial charge in [-0.15, -0.1) is 0 Å². The molecule has 12 rings (SSSR count). The van der Waals surface area contributed by atoms with Crippen LogP contribution in [0.2, 0.25) is 0 Å². The zero-order valence-corrected chi connectivity index (χ0v) is 32.2. The highest BCUT2D eigenvalue weighted by molar-refractivity contribution is 6.29. The molecule has 0 heteroatoms. The minimum Gasteiger partial charge on any atom is -0.0619 e. The van der Waals surface area contributed by atoms with Crippen LogP contribution in [0, 0.1) is 0 Å². The molecule has 0 aliphatic heterocycles. The highest BCUT2D eigenvalue weighted by Crippen LogP contribution is 2.55. The van der Waals surface area contributed by atoms with Crippen LogP contribution in [0.1, 0.15) is 49.9 Å². The molecule has 0 amide bonds. The largest absolute Gasteiger partial charge is 0.0619 e. The molecule has 3 aliphatic rings. The number of hydrogen-bond acceptors (Lipinski definition) is 0. The van der Waals surface area contributed by atoms with E-state index in [1.165, 1.54) is 122 Å².